The van der Waals surface area contributed by atoms with Gasteiger partial charge < -0.3 is 5.32 Å². The molecule has 0 saturated heterocycles. The second kappa shape index (κ2) is 7.16. The van der Waals surface area contributed by atoms with Crippen LogP contribution >= 0.6 is 0 Å². The van der Waals surface area contributed by atoms with Gasteiger partial charge in [-0.1, -0.05) is 32.9 Å². The standard InChI is InChI=1S/C20H29N3O2S/c1-20(2,3)16-7-9-18(10-8-16)26(24,25)12-11-21-14-17-13-19(15-5-6-15)23(4)22-17/h7-10,13,15,21H,5-6,11-12,14H2,1-4H3. The Hall–Kier alpha value is -1.66. The van der Waals surface area contributed by atoms with Crippen molar-refractivity contribution < 1.29 is 8.42 Å². The smallest absolute Gasteiger partial charge is 0.179 e. The van der Waals surface area contributed by atoms with Gasteiger partial charge in [0.1, 0.15) is 0 Å². The maximum atomic E-state index is 12.5. The Morgan fingerprint density at radius 1 is 1.19 bits per heavy atom. The molecule has 0 radical (unpaired) electrons. The van der Waals surface area contributed by atoms with Gasteiger partial charge in [0.05, 0.1) is 16.3 Å². The molecule has 6 heteroatoms. The summed E-state index contributed by atoms with van der Waals surface area (Å²) in [6, 6.07) is 9.39. The van der Waals surface area contributed by atoms with Crippen LogP contribution in [0.1, 0.15) is 56.5 Å². The first-order valence-corrected chi connectivity index (χ1v) is 10.9. The number of aryl methyl sites for hydroxylation is 1. The van der Waals surface area contributed by atoms with Gasteiger partial charge in [-0.25, -0.2) is 8.42 Å². The number of nitrogens with one attached hydrogen (secondary N) is 1. The summed E-state index contributed by atoms with van der Waals surface area (Å²) in [5.41, 5.74) is 3.41. The number of nitrogens with zero attached hydrogens (tertiary/aromatic N) is 2. The monoisotopic (exact) mass is 375 g/mol. The molecule has 0 aliphatic heterocycles. The average Bonchev–Trinajstić information content (AvgIpc) is 3.34. The van der Waals surface area contributed by atoms with E-state index in [0.29, 0.717) is 23.9 Å². The number of aromatic nitrogens is 2. The number of sulfone groups is 1. The highest BCUT2D eigenvalue weighted by atomic mass is 32.2. The maximum absolute atomic E-state index is 12.5. The summed E-state index contributed by atoms with van der Waals surface area (Å²) in [7, 11) is -1.30. The summed E-state index contributed by atoms with van der Waals surface area (Å²) in [4.78, 5) is 0.390. The number of hydrogen-bond acceptors (Lipinski definition) is 4. The quantitative estimate of drug-likeness (QED) is 0.755. The Kier molecular flexibility index (Phi) is 5.26. The van der Waals surface area contributed by atoms with Crippen LogP contribution < -0.4 is 5.32 Å². The summed E-state index contributed by atoms with van der Waals surface area (Å²) in [5, 5.41) is 7.71. The molecule has 5 nitrogen and oxygen atoms in total. The van der Waals surface area contributed by atoms with Gasteiger partial charge in [-0.05, 0) is 42.0 Å². The fourth-order valence-electron chi connectivity index (χ4n) is 3.09. The topological polar surface area (TPSA) is 64.0 Å². The Labute approximate surface area is 156 Å². The number of hydrogen-bond donors (Lipinski definition) is 1. The lowest BCUT2D eigenvalue weighted by atomic mass is 9.87. The van der Waals surface area contributed by atoms with E-state index in [-0.39, 0.29) is 11.2 Å². The van der Waals surface area contributed by atoms with E-state index in [4.69, 9.17) is 0 Å². The van der Waals surface area contributed by atoms with E-state index in [1.165, 1.54) is 18.5 Å². The molecule has 0 atom stereocenters. The van der Waals surface area contributed by atoms with E-state index in [9.17, 15) is 8.42 Å². The third kappa shape index (κ3) is 4.54. The third-order valence-electron chi connectivity index (χ3n) is 4.90. The molecule has 3 rings (SSSR count). The van der Waals surface area contributed by atoms with Gasteiger partial charge in [-0.2, -0.15) is 5.10 Å². The summed E-state index contributed by atoms with van der Waals surface area (Å²) >= 11 is 0. The van der Waals surface area contributed by atoms with E-state index in [1.54, 1.807) is 12.1 Å². The predicted molar refractivity (Wildman–Crippen MR) is 104 cm³/mol. The molecule has 0 bridgehead atoms. The van der Waals surface area contributed by atoms with Gasteiger partial charge in [0.2, 0.25) is 0 Å². The highest BCUT2D eigenvalue weighted by Crippen LogP contribution is 2.39. The molecule has 1 aromatic carbocycles. The van der Waals surface area contributed by atoms with Crippen molar-refractivity contribution in [3.8, 4) is 0 Å². The normalized spacial score (nSPS) is 15.4. The minimum Gasteiger partial charge on any atom is -0.310 e. The van der Waals surface area contributed by atoms with Crippen LogP contribution in [0.2, 0.25) is 0 Å². The maximum Gasteiger partial charge on any atom is 0.179 e. The van der Waals surface area contributed by atoms with E-state index < -0.39 is 9.84 Å². The van der Waals surface area contributed by atoms with Crippen LogP contribution in [-0.4, -0.2) is 30.5 Å². The van der Waals surface area contributed by atoms with Crippen LogP contribution in [0.5, 0.6) is 0 Å². The Morgan fingerprint density at radius 3 is 2.42 bits per heavy atom. The van der Waals surface area contributed by atoms with Crippen molar-refractivity contribution >= 4 is 9.84 Å². The first-order valence-electron chi connectivity index (χ1n) is 9.24. The molecule has 1 aliphatic rings. The zero-order valence-electron chi connectivity index (χ0n) is 16.1. The minimum absolute atomic E-state index is 0.0197. The van der Waals surface area contributed by atoms with Gasteiger partial charge in [0.15, 0.2) is 9.84 Å². The molecule has 1 heterocycles. The van der Waals surface area contributed by atoms with Crippen LogP contribution in [-0.2, 0) is 28.8 Å². The van der Waals surface area contributed by atoms with Crippen LogP contribution in [0.4, 0.5) is 0 Å². The van der Waals surface area contributed by atoms with E-state index in [0.717, 1.165) is 11.3 Å². The zero-order valence-corrected chi connectivity index (χ0v) is 16.9. The molecule has 0 amide bonds. The molecule has 1 aromatic heterocycles. The summed E-state index contributed by atoms with van der Waals surface area (Å²) < 4.78 is 26.9. The van der Waals surface area contributed by atoms with E-state index >= 15 is 0 Å². The molecule has 0 unspecified atom stereocenters. The first kappa shape index (κ1) is 19.1. The second-order valence-corrected chi connectivity index (χ2v) is 10.3. The van der Waals surface area contributed by atoms with Crippen molar-refractivity contribution in [1.29, 1.82) is 0 Å². The largest absolute Gasteiger partial charge is 0.310 e. The lowest BCUT2D eigenvalue weighted by molar-refractivity contribution is 0.584. The Morgan fingerprint density at radius 2 is 1.85 bits per heavy atom. The highest BCUT2D eigenvalue weighted by Gasteiger charge is 2.27. The Bertz CT molecular complexity index is 857. The van der Waals surface area contributed by atoms with Crippen molar-refractivity contribution in [1.82, 2.24) is 15.1 Å². The molecule has 142 valence electrons. The molecule has 0 spiro atoms. The molecular formula is C20H29N3O2S. The molecule has 1 saturated carbocycles. The van der Waals surface area contributed by atoms with Crippen LogP contribution in [0, 0.1) is 0 Å². The second-order valence-electron chi connectivity index (χ2n) is 8.23. The summed E-state index contributed by atoms with van der Waals surface area (Å²) in [6.45, 7) is 7.36. The van der Waals surface area contributed by atoms with Crippen molar-refractivity contribution in [3.63, 3.8) is 0 Å². The predicted octanol–water partition coefficient (Wildman–Crippen LogP) is 3.16. The number of rotatable bonds is 7. The van der Waals surface area contributed by atoms with Gasteiger partial charge in [-0.15, -0.1) is 0 Å². The summed E-state index contributed by atoms with van der Waals surface area (Å²) in [6.07, 6.45) is 2.50. The van der Waals surface area contributed by atoms with Crippen LogP contribution in [0.3, 0.4) is 0 Å². The van der Waals surface area contributed by atoms with Crippen LogP contribution in [0.15, 0.2) is 35.2 Å². The summed E-state index contributed by atoms with van der Waals surface area (Å²) in [5.74, 6) is 0.752. The molecule has 1 aliphatic carbocycles. The highest BCUT2D eigenvalue weighted by molar-refractivity contribution is 7.91. The van der Waals surface area contributed by atoms with Gasteiger partial charge in [-0.3, -0.25) is 4.68 Å². The first-order chi connectivity index (χ1) is 12.2. The lowest BCUT2D eigenvalue weighted by Gasteiger charge is -2.19. The fourth-order valence-corrected chi connectivity index (χ4v) is 4.29. The number of benzene rings is 1. The van der Waals surface area contributed by atoms with Gasteiger partial charge in [0, 0.05) is 31.7 Å². The van der Waals surface area contributed by atoms with Gasteiger partial charge in [0.25, 0.3) is 0 Å². The molecule has 1 fully saturated rings. The third-order valence-corrected chi connectivity index (χ3v) is 6.63. The van der Waals surface area contributed by atoms with Crippen LogP contribution in [0.25, 0.3) is 0 Å². The average molecular weight is 376 g/mol. The van der Waals surface area contributed by atoms with Crippen molar-refractivity contribution in [2.75, 3.05) is 12.3 Å². The fraction of sp³-hybridized carbons (Fsp3) is 0.550. The van der Waals surface area contributed by atoms with Gasteiger partial charge >= 0.3 is 0 Å². The molecule has 26 heavy (non-hydrogen) atoms. The van der Waals surface area contributed by atoms with E-state index in [1.807, 2.05) is 23.9 Å². The molecule has 2 aromatic rings. The van der Waals surface area contributed by atoms with Crippen molar-refractivity contribution in [3.05, 3.63) is 47.3 Å². The zero-order chi connectivity index (χ0) is 18.9. The SMILES string of the molecule is Cn1nc(CNCCS(=O)(=O)c2ccc(C(C)(C)C)cc2)cc1C1CC1. The molecule has 1 N–H and O–H groups in total. The van der Waals surface area contributed by atoms with Crippen molar-refractivity contribution in [2.24, 2.45) is 7.05 Å². The van der Waals surface area contributed by atoms with E-state index in [2.05, 4.69) is 37.3 Å². The molecular weight excluding hydrogens is 346 g/mol. The Balaban J connectivity index is 1.52. The van der Waals surface area contributed by atoms with Crippen molar-refractivity contribution in [2.45, 2.75) is 56.4 Å². The minimum atomic E-state index is -3.27. The lowest BCUT2D eigenvalue weighted by Crippen LogP contribution is -2.23.